The molecule has 0 saturated carbocycles. The lowest BCUT2D eigenvalue weighted by molar-refractivity contribution is 0.0635. The number of para-hydroxylation sites is 2. The first-order chi connectivity index (χ1) is 20.9. The molecule has 3 N–H and O–H groups in total. The van der Waals surface area contributed by atoms with E-state index >= 15 is 0 Å². The molecule has 0 aliphatic heterocycles. The number of methoxy groups -OCH3 is 2. The van der Waals surface area contributed by atoms with Crippen molar-refractivity contribution in [2.75, 3.05) is 52.0 Å². The standard InChI is InChI=1S/C33H43N5O6/c1-33(2,3)44-32(41)36-29-11-9-8-10-28(29)35-30(39)25-14-12-23(13-15-25)22-38(17-16-37(4)5)31(40)34-21-24-18-26(42-6)20-27(19-24)43-7/h8-15,18-20H,16-17,21-22H2,1-7H3,(H,34,40)(H,35,39)(H,36,41). The van der Waals surface area contributed by atoms with Crippen molar-refractivity contribution in [3.63, 3.8) is 0 Å². The number of rotatable bonds is 12. The fourth-order valence-corrected chi connectivity index (χ4v) is 4.12. The van der Waals surface area contributed by atoms with E-state index in [0.717, 1.165) is 11.1 Å². The van der Waals surface area contributed by atoms with Gasteiger partial charge in [-0.2, -0.15) is 0 Å². The Morgan fingerprint density at radius 1 is 0.773 bits per heavy atom. The van der Waals surface area contributed by atoms with Crippen LogP contribution in [0.1, 0.15) is 42.3 Å². The summed E-state index contributed by atoms with van der Waals surface area (Å²) in [5.74, 6) is 0.945. The maximum absolute atomic E-state index is 13.2. The lowest BCUT2D eigenvalue weighted by Crippen LogP contribution is -2.42. The van der Waals surface area contributed by atoms with E-state index in [0.29, 0.717) is 54.6 Å². The highest BCUT2D eigenvalue weighted by Crippen LogP contribution is 2.24. The molecule has 0 fully saturated rings. The summed E-state index contributed by atoms with van der Waals surface area (Å²) in [6.07, 6.45) is -0.616. The lowest BCUT2D eigenvalue weighted by atomic mass is 10.1. The van der Waals surface area contributed by atoms with Crippen LogP contribution in [-0.4, -0.2) is 74.8 Å². The van der Waals surface area contributed by atoms with Crippen LogP contribution in [0.25, 0.3) is 0 Å². The van der Waals surface area contributed by atoms with Crippen LogP contribution in [0.15, 0.2) is 66.7 Å². The second-order valence-corrected chi connectivity index (χ2v) is 11.4. The number of amides is 4. The number of carbonyl (C=O) groups excluding carboxylic acids is 3. The Morgan fingerprint density at radius 3 is 1.91 bits per heavy atom. The molecule has 44 heavy (non-hydrogen) atoms. The minimum atomic E-state index is -0.656. The van der Waals surface area contributed by atoms with Gasteiger partial charge >= 0.3 is 12.1 Å². The van der Waals surface area contributed by atoms with E-state index < -0.39 is 11.7 Å². The van der Waals surface area contributed by atoms with Crippen LogP contribution < -0.4 is 25.4 Å². The molecular formula is C33H43N5O6. The largest absolute Gasteiger partial charge is 0.497 e. The van der Waals surface area contributed by atoms with Gasteiger partial charge in [-0.1, -0.05) is 24.3 Å². The van der Waals surface area contributed by atoms with Crippen molar-refractivity contribution in [2.45, 2.75) is 39.5 Å². The summed E-state index contributed by atoms with van der Waals surface area (Å²) in [5, 5.41) is 8.52. The molecule has 0 atom stereocenters. The van der Waals surface area contributed by atoms with Crippen molar-refractivity contribution in [3.8, 4) is 11.5 Å². The molecule has 4 amide bonds. The number of hydrogen-bond acceptors (Lipinski definition) is 7. The van der Waals surface area contributed by atoms with Crippen molar-refractivity contribution in [3.05, 3.63) is 83.4 Å². The summed E-state index contributed by atoms with van der Waals surface area (Å²) in [7, 11) is 7.07. The second kappa shape index (κ2) is 15.6. The van der Waals surface area contributed by atoms with Gasteiger partial charge in [-0.05, 0) is 82.4 Å². The first-order valence-corrected chi connectivity index (χ1v) is 14.3. The molecular weight excluding hydrogens is 562 g/mol. The molecule has 3 aromatic rings. The van der Waals surface area contributed by atoms with Crippen LogP contribution >= 0.6 is 0 Å². The van der Waals surface area contributed by atoms with Crippen LogP contribution in [0.4, 0.5) is 21.0 Å². The third-order valence-electron chi connectivity index (χ3n) is 6.36. The molecule has 0 aliphatic rings. The Labute approximate surface area is 259 Å². The number of carbonyl (C=O) groups is 3. The average molecular weight is 606 g/mol. The van der Waals surface area contributed by atoms with Crippen LogP contribution in [0.5, 0.6) is 11.5 Å². The number of nitrogens with zero attached hydrogens (tertiary/aromatic N) is 2. The minimum absolute atomic E-state index is 0.218. The van der Waals surface area contributed by atoms with Crippen LogP contribution in [-0.2, 0) is 17.8 Å². The first-order valence-electron chi connectivity index (χ1n) is 14.3. The highest BCUT2D eigenvalue weighted by Gasteiger charge is 2.19. The van der Waals surface area contributed by atoms with Gasteiger partial charge in [0.05, 0.1) is 25.6 Å². The monoisotopic (exact) mass is 605 g/mol. The van der Waals surface area contributed by atoms with Crippen molar-refractivity contribution >= 4 is 29.4 Å². The van der Waals surface area contributed by atoms with Gasteiger partial charge in [-0.15, -0.1) is 0 Å². The SMILES string of the molecule is COc1cc(CNC(=O)N(CCN(C)C)Cc2ccc(C(=O)Nc3ccccc3NC(=O)OC(C)(C)C)cc2)cc(OC)c1. The minimum Gasteiger partial charge on any atom is -0.497 e. The van der Waals surface area contributed by atoms with Crippen molar-refractivity contribution < 1.29 is 28.6 Å². The van der Waals surface area contributed by atoms with E-state index in [2.05, 4.69) is 16.0 Å². The molecule has 0 saturated heterocycles. The number of hydrogen-bond donors (Lipinski definition) is 3. The van der Waals surface area contributed by atoms with Crippen molar-refractivity contribution in [2.24, 2.45) is 0 Å². The van der Waals surface area contributed by atoms with E-state index in [1.54, 1.807) is 82.4 Å². The summed E-state index contributed by atoms with van der Waals surface area (Å²) in [6.45, 7) is 7.16. The molecule has 0 radical (unpaired) electrons. The first kappa shape index (κ1) is 33.7. The quantitative estimate of drug-likeness (QED) is 0.247. The van der Waals surface area contributed by atoms with E-state index in [1.807, 2.05) is 43.3 Å². The predicted molar refractivity (Wildman–Crippen MR) is 171 cm³/mol. The number of anilines is 2. The van der Waals surface area contributed by atoms with Gasteiger partial charge in [0.15, 0.2) is 0 Å². The molecule has 236 valence electrons. The highest BCUT2D eigenvalue weighted by atomic mass is 16.6. The van der Waals surface area contributed by atoms with Crippen molar-refractivity contribution in [1.82, 2.24) is 15.1 Å². The zero-order chi connectivity index (χ0) is 32.3. The molecule has 3 aromatic carbocycles. The zero-order valence-corrected chi connectivity index (χ0v) is 26.5. The Bertz CT molecular complexity index is 1400. The van der Waals surface area contributed by atoms with Gasteiger partial charge in [0.1, 0.15) is 17.1 Å². The second-order valence-electron chi connectivity index (χ2n) is 11.4. The number of likely N-dealkylation sites (N-methyl/N-ethyl adjacent to an activating group) is 1. The van der Waals surface area contributed by atoms with Gasteiger partial charge in [0.25, 0.3) is 5.91 Å². The van der Waals surface area contributed by atoms with Crippen molar-refractivity contribution in [1.29, 1.82) is 0 Å². The van der Waals surface area contributed by atoms with Gasteiger partial charge in [-0.3, -0.25) is 10.1 Å². The molecule has 11 nitrogen and oxygen atoms in total. The number of nitrogens with one attached hydrogen (secondary N) is 3. The summed E-state index contributed by atoms with van der Waals surface area (Å²) >= 11 is 0. The Balaban J connectivity index is 1.66. The summed E-state index contributed by atoms with van der Waals surface area (Å²) in [6, 6.07) is 19.2. The van der Waals surface area contributed by atoms with E-state index in [9.17, 15) is 14.4 Å². The Hall–Kier alpha value is -4.77. The maximum Gasteiger partial charge on any atom is 0.412 e. The van der Waals surface area contributed by atoms with Crippen LogP contribution in [0.3, 0.4) is 0 Å². The molecule has 3 rings (SSSR count). The fourth-order valence-electron chi connectivity index (χ4n) is 4.12. The molecule has 0 unspecified atom stereocenters. The summed E-state index contributed by atoms with van der Waals surface area (Å²) in [5.41, 5.74) is 2.34. The smallest absolute Gasteiger partial charge is 0.412 e. The Kier molecular flexibility index (Phi) is 12.0. The number of benzene rings is 3. The maximum atomic E-state index is 13.2. The molecule has 11 heteroatoms. The lowest BCUT2D eigenvalue weighted by Gasteiger charge is -2.25. The van der Waals surface area contributed by atoms with Gasteiger partial charge < -0.3 is 34.6 Å². The van der Waals surface area contributed by atoms with Gasteiger partial charge in [-0.25, -0.2) is 9.59 Å². The molecule has 0 aromatic heterocycles. The Morgan fingerprint density at radius 2 is 1.36 bits per heavy atom. The van der Waals surface area contributed by atoms with Crippen LogP contribution in [0, 0.1) is 0 Å². The number of urea groups is 1. The third kappa shape index (κ3) is 10.8. The fraction of sp³-hybridized carbons (Fsp3) is 0.364. The van der Waals surface area contributed by atoms with Gasteiger partial charge in [0, 0.05) is 37.8 Å². The average Bonchev–Trinajstić information content (AvgIpc) is 2.98. The van der Waals surface area contributed by atoms with E-state index in [4.69, 9.17) is 14.2 Å². The topological polar surface area (TPSA) is 121 Å². The molecule has 0 spiro atoms. The third-order valence-corrected chi connectivity index (χ3v) is 6.36. The normalized spacial score (nSPS) is 11.0. The summed E-state index contributed by atoms with van der Waals surface area (Å²) in [4.78, 5) is 42.3. The zero-order valence-electron chi connectivity index (χ0n) is 26.5. The predicted octanol–water partition coefficient (Wildman–Crippen LogP) is 5.58. The molecule has 0 heterocycles. The van der Waals surface area contributed by atoms with E-state index in [-0.39, 0.29) is 11.9 Å². The number of ether oxygens (including phenoxy) is 3. The van der Waals surface area contributed by atoms with Gasteiger partial charge in [0.2, 0.25) is 0 Å². The highest BCUT2D eigenvalue weighted by molar-refractivity contribution is 6.06. The molecule has 0 bridgehead atoms. The molecule has 0 aliphatic carbocycles. The van der Waals surface area contributed by atoms with Crippen LogP contribution in [0.2, 0.25) is 0 Å². The van der Waals surface area contributed by atoms with E-state index in [1.165, 1.54) is 0 Å². The summed E-state index contributed by atoms with van der Waals surface area (Å²) < 4.78 is 16.0.